The number of pyridine rings is 1. The average Bonchev–Trinajstić information content (AvgIpc) is 3.22. The molecule has 0 unspecified atom stereocenters. The number of nitrogens with one attached hydrogen (secondary N) is 1. The summed E-state index contributed by atoms with van der Waals surface area (Å²) < 4.78 is 5.88. The van der Waals surface area contributed by atoms with Crippen molar-refractivity contribution in [2.24, 2.45) is 0 Å². The third-order valence-electron chi connectivity index (χ3n) is 5.18. The van der Waals surface area contributed by atoms with Crippen molar-refractivity contribution in [2.45, 2.75) is 6.61 Å². The molecule has 0 aliphatic carbocycles. The second kappa shape index (κ2) is 7.93. The third kappa shape index (κ3) is 3.60. The number of nitrogens with two attached hydrogens (primary N) is 1. The van der Waals surface area contributed by atoms with Gasteiger partial charge in [0.25, 0.3) is 0 Å². The SMILES string of the molecule is Nc1n[nH]c2c(-c3ccc(CO)cc3)ncc(-c3ccc(Oc4ccccc4)cc3)c12. The average molecular weight is 408 g/mol. The maximum atomic E-state index is 9.28. The lowest BCUT2D eigenvalue weighted by Gasteiger charge is -2.10. The van der Waals surface area contributed by atoms with E-state index in [0.717, 1.165) is 50.3 Å². The van der Waals surface area contributed by atoms with Crippen LogP contribution in [0, 0.1) is 0 Å². The maximum absolute atomic E-state index is 9.28. The molecule has 4 N–H and O–H groups in total. The van der Waals surface area contributed by atoms with Crippen molar-refractivity contribution < 1.29 is 9.84 Å². The molecule has 5 aromatic rings. The van der Waals surface area contributed by atoms with E-state index in [1.54, 1.807) is 0 Å². The summed E-state index contributed by atoms with van der Waals surface area (Å²) in [5.41, 5.74) is 11.4. The number of anilines is 1. The molecule has 0 amide bonds. The van der Waals surface area contributed by atoms with Gasteiger partial charge in [0.1, 0.15) is 11.5 Å². The smallest absolute Gasteiger partial charge is 0.153 e. The van der Waals surface area contributed by atoms with Crippen molar-refractivity contribution in [1.29, 1.82) is 0 Å². The van der Waals surface area contributed by atoms with E-state index in [1.807, 2.05) is 85.1 Å². The van der Waals surface area contributed by atoms with Gasteiger partial charge in [0.15, 0.2) is 5.82 Å². The van der Waals surface area contributed by atoms with Gasteiger partial charge in [-0.3, -0.25) is 10.1 Å². The number of aliphatic hydroxyl groups is 1. The van der Waals surface area contributed by atoms with Crippen molar-refractivity contribution in [2.75, 3.05) is 5.73 Å². The number of H-pyrrole nitrogens is 1. The fourth-order valence-corrected chi connectivity index (χ4v) is 3.59. The second-order valence-electron chi connectivity index (χ2n) is 7.17. The largest absolute Gasteiger partial charge is 0.457 e. The molecule has 0 fully saturated rings. The van der Waals surface area contributed by atoms with Gasteiger partial charge in [0.2, 0.25) is 0 Å². The molecule has 0 aliphatic rings. The Morgan fingerprint density at radius 3 is 2.23 bits per heavy atom. The van der Waals surface area contributed by atoms with Crippen LogP contribution >= 0.6 is 0 Å². The van der Waals surface area contributed by atoms with Crippen molar-refractivity contribution >= 4 is 16.7 Å². The molecule has 0 radical (unpaired) electrons. The quantitative estimate of drug-likeness (QED) is 0.373. The predicted octanol–water partition coefficient (Wildman–Crippen LogP) is 5.16. The van der Waals surface area contributed by atoms with Crippen LogP contribution in [-0.2, 0) is 6.61 Å². The van der Waals surface area contributed by atoms with Gasteiger partial charge in [0, 0.05) is 17.3 Å². The molecule has 2 heterocycles. The highest BCUT2D eigenvalue weighted by Crippen LogP contribution is 2.36. The van der Waals surface area contributed by atoms with E-state index in [4.69, 9.17) is 15.5 Å². The first-order valence-corrected chi connectivity index (χ1v) is 9.89. The zero-order chi connectivity index (χ0) is 21.2. The number of fused-ring (bicyclic) bond motifs is 1. The number of benzene rings is 3. The van der Waals surface area contributed by atoms with E-state index in [0.29, 0.717) is 5.82 Å². The minimum Gasteiger partial charge on any atom is -0.457 e. The Morgan fingerprint density at radius 2 is 1.52 bits per heavy atom. The van der Waals surface area contributed by atoms with Crippen LogP contribution in [0.1, 0.15) is 5.56 Å². The Kier molecular flexibility index (Phi) is 4.82. The molecular weight excluding hydrogens is 388 g/mol. The first-order chi connectivity index (χ1) is 15.2. The third-order valence-corrected chi connectivity index (χ3v) is 5.18. The van der Waals surface area contributed by atoms with Gasteiger partial charge in [0.05, 0.1) is 23.2 Å². The van der Waals surface area contributed by atoms with Gasteiger partial charge in [-0.05, 0) is 35.4 Å². The molecule has 0 saturated carbocycles. The Hall–Kier alpha value is -4.16. The van der Waals surface area contributed by atoms with Crippen molar-refractivity contribution in [3.05, 3.63) is 90.6 Å². The summed E-state index contributed by atoms with van der Waals surface area (Å²) in [6, 6.07) is 25.1. The molecule has 6 heteroatoms. The molecule has 3 aromatic carbocycles. The topological polar surface area (TPSA) is 97.0 Å². The summed E-state index contributed by atoms with van der Waals surface area (Å²) in [7, 11) is 0. The first-order valence-electron chi connectivity index (χ1n) is 9.89. The fourth-order valence-electron chi connectivity index (χ4n) is 3.59. The number of nitrogen functional groups attached to an aromatic ring is 1. The van der Waals surface area contributed by atoms with Gasteiger partial charge < -0.3 is 15.6 Å². The minimum absolute atomic E-state index is 0.00302. The lowest BCUT2D eigenvalue weighted by Crippen LogP contribution is -1.92. The van der Waals surface area contributed by atoms with E-state index in [-0.39, 0.29) is 6.61 Å². The number of nitrogens with zero attached hydrogens (tertiary/aromatic N) is 2. The summed E-state index contributed by atoms with van der Waals surface area (Å²) in [4.78, 5) is 4.69. The molecule has 152 valence electrons. The summed E-state index contributed by atoms with van der Waals surface area (Å²) in [5, 5.41) is 17.4. The summed E-state index contributed by atoms with van der Waals surface area (Å²) in [5.74, 6) is 1.96. The minimum atomic E-state index is 0.00302. The molecule has 31 heavy (non-hydrogen) atoms. The molecule has 0 aliphatic heterocycles. The fraction of sp³-hybridized carbons (Fsp3) is 0.0400. The van der Waals surface area contributed by atoms with Crippen molar-refractivity contribution in [3.63, 3.8) is 0 Å². The summed E-state index contributed by atoms with van der Waals surface area (Å²) in [6.45, 7) is 0.00302. The number of para-hydroxylation sites is 1. The maximum Gasteiger partial charge on any atom is 0.153 e. The van der Waals surface area contributed by atoms with E-state index in [2.05, 4.69) is 10.2 Å². The number of aliphatic hydroxyl groups excluding tert-OH is 1. The molecular formula is C25H20N4O2. The Morgan fingerprint density at radius 1 is 0.839 bits per heavy atom. The van der Waals surface area contributed by atoms with Crippen LogP contribution in [0.2, 0.25) is 0 Å². The van der Waals surface area contributed by atoms with Crippen molar-refractivity contribution in [3.8, 4) is 33.9 Å². The molecule has 6 nitrogen and oxygen atoms in total. The normalized spacial score (nSPS) is 11.0. The molecule has 0 spiro atoms. The van der Waals surface area contributed by atoms with Crippen molar-refractivity contribution in [1.82, 2.24) is 15.2 Å². The van der Waals surface area contributed by atoms with E-state index in [9.17, 15) is 5.11 Å². The highest BCUT2D eigenvalue weighted by atomic mass is 16.5. The van der Waals surface area contributed by atoms with Crippen LogP contribution in [-0.4, -0.2) is 20.3 Å². The number of hydrogen-bond acceptors (Lipinski definition) is 5. The first kappa shape index (κ1) is 18.8. The zero-order valence-corrected chi connectivity index (χ0v) is 16.6. The highest BCUT2D eigenvalue weighted by molar-refractivity contribution is 6.06. The number of ether oxygens (including phenoxy) is 1. The molecule has 2 aromatic heterocycles. The van der Waals surface area contributed by atoms with Gasteiger partial charge in [-0.25, -0.2) is 0 Å². The molecule has 0 bridgehead atoms. The van der Waals surface area contributed by atoms with Gasteiger partial charge in [-0.2, -0.15) is 5.10 Å². The Labute approximate surface area is 179 Å². The standard InChI is InChI=1S/C25H20N4O2/c26-25-22-21(17-10-12-20(13-11-17)31-19-4-2-1-3-5-19)14-27-23(24(22)28-29-25)18-8-6-16(15-30)7-9-18/h1-14,30H,15H2,(H3,26,28,29). The number of aromatic amines is 1. The monoisotopic (exact) mass is 408 g/mol. The van der Waals surface area contributed by atoms with Crippen LogP contribution in [0.5, 0.6) is 11.5 Å². The Balaban J connectivity index is 1.52. The molecule has 5 rings (SSSR count). The van der Waals surface area contributed by atoms with Crippen LogP contribution in [0.25, 0.3) is 33.3 Å². The second-order valence-corrected chi connectivity index (χ2v) is 7.17. The summed E-state index contributed by atoms with van der Waals surface area (Å²) >= 11 is 0. The van der Waals surface area contributed by atoms with Gasteiger partial charge in [-0.1, -0.05) is 54.6 Å². The Bertz CT molecular complexity index is 1330. The zero-order valence-electron chi connectivity index (χ0n) is 16.6. The summed E-state index contributed by atoms with van der Waals surface area (Å²) in [6.07, 6.45) is 1.82. The van der Waals surface area contributed by atoms with Gasteiger partial charge in [-0.15, -0.1) is 0 Å². The van der Waals surface area contributed by atoms with E-state index >= 15 is 0 Å². The lowest BCUT2D eigenvalue weighted by molar-refractivity contribution is 0.282. The van der Waals surface area contributed by atoms with Crippen LogP contribution in [0.3, 0.4) is 0 Å². The van der Waals surface area contributed by atoms with E-state index < -0.39 is 0 Å². The van der Waals surface area contributed by atoms with Crippen LogP contribution in [0.4, 0.5) is 5.82 Å². The highest BCUT2D eigenvalue weighted by Gasteiger charge is 2.16. The van der Waals surface area contributed by atoms with Crippen LogP contribution in [0.15, 0.2) is 85.1 Å². The predicted molar refractivity (Wildman–Crippen MR) is 122 cm³/mol. The van der Waals surface area contributed by atoms with Gasteiger partial charge >= 0.3 is 0 Å². The lowest BCUT2D eigenvalue weighted by atomic mass is 10.0. The van der Waals surface area contributed by atoms with E-state index in [1.165, 1.54) is 0 Å². The molecule has 0 saturated heterocycles. The number of aromatic nitrogens is 3. The number of rotatable bonds is 5. The molecule has 0 atom stereocenters. The number of hydrogen-bond donors (Lipinski definition) is 3. The van der Waals surface area contributed by atoms with Crippen LogP contribution < -0.4 is 10.5 Å².